The number of hydrogen-bond acceptors (Lipinski definition) is 4. The molecule has 30 heavy (non-hydrogen) atoms. The lowest BCUT2D eigenvalue weighted by Gasteiger charge is -2.37. The molecule has 0 bridgehead atoms. The number of aliphatic imine (C=N–C) groups is 1. The molecule has 1 aliphatic heterocycles. The van der Waals surface area contributed by atoms with Crippen LogP contribution in [0.1, 0.15) is 5.56 Å². The van der Waals surface area contributed by atoms with E-state index in [9.17, 15) is 8.78 Å². The molecule has 0 unspecified atom stereocenters. The van der Waals surface area contributed by atoms with E-state index in [0.717, 1.165) is 37.7 Å². The van der Waals surface area contributed by atoms with Crippen molar-refractivity contribution >= 4 is 35.6 Å². The third kappa shape index (κ3) is 6.35. The van der Waals surface area contributed by atoms with Crippen molar-refractivity contribution in [3.05, 3.63) is 54.1 Å². The monoisotopic (exact) mass is 532 g/mol. The van der Waals surface area contributed by atoms with Gasteiger partial charge in [0.1, 0.15) is 0 Å². The molecule has 0 atom stereocenters. The summed E-state index contributed by atoms with van der Waals surface area (Å²) in [5.74, 6) is 1.08. The quantitative estimate of drug-likeness (QED) is 0.349. The van der Waals surface area contributed by atoms with Crippen LogP contribution in [0.5, 0.6) is 11.5 Å². The summed E-state index contributed by atoms with van der Waals surface area (Å²) >= 11 is 0. The Labute approximate surface area is 192 Å². The molecule has 2 aromatic carbocycles. The minimum absolute atomic E-state index is 0. The van der Waals surface area contributed by atoms with E-state index in [1.807, 2.05) is 24.3 Å². The number of anilines is 1. The van der Waals surface area contributed by atoms with Crippen LogP contribution in [0.4, 0.5) is 14.5 Å². The van der Waals surface area contributed by atoms with E-state index in [1.54, 1.807) is 19.2 Å². The number of guanidine groups is 1. The van der Waals surface area contributed by atoms with Crippen molar-refractivity contribution in [1.29, 1.82) is 0 Å². The number of halogens is 3. The van der Waals surface area contributed by atoms with Gasteiger partial charge in [-0.2, -0.15) is 8.78 Å². The van der Waals surface area contributed by atoms with Crippen LogP contribution >= 0.6 is 24.0 Å². The fourth-order valence-electron chi connectivity index (χ4n) is 3.35. The van der Waals surface area contributed by atoms with E-state index in [1.165, 1.54) is 12.8 Å². The minimum atomic E-state index is -2.90. The van der Waals surface area contributed by atoms with Crippen LogP contribution < -0.4 is 19.7 Å². The summed E-state index contributed by atoms with van der Waals surface area (Å²) in [4.78, 5) is 8.91. The molecule has 1 aliphatic rings. The van der Waals surface area contributed by atoms with Crippen LogP contribution in [0, 0.1) is 0 Å². The standard InChI is InChI=1S/C21H26F2N4O2.HI/c1-24-21(27-12-10-26(11-13-27)17-6-4-3-5-7-17)25-15-16-8-9-18(28-2)19(14-16)29-20(22)23;/h3-9,14,20H,10-13,15H2,1-2H3,(H,24,25);1H. The number of hydrogen-bond donors (Lipinski definition) is 1. The van der Waals surface area contributed by atoms with Gasteiger partial charge in [-0.25, -0.2) is 0 Å². The van der Waals surface area contributed by atoms with Crippen molar-refractivity contribution in [1.82, 2.24) is 10.2 Å². The molecular formula is C21H27F2IN4O2. The van der Waals surface area contributed by atoms with Crippen LogP contribution in [0.3, 0.4) is 0 Å². The Morgan fingerprint density at radius 1 is 1.07 bits per heavy atom. The van der Waals surface area contributed by atoms with Gasteiger partial charge in [0, 0.05) is 45.5 Å². The highest BCUT2D eigenvalue weighted by atomic mass is 127. The third-order valence-electron chi connectivity index (χ3n) is 4.81. The minimum Gasteiger partial charge on any atom is -0.493 e. The molecule has 1 saturated heterocycles. The molecular weight excluding hydrogens is 505 g/mol. The zero-order valence-electron chi connectivity index (χ0n) is 17.1. The van der Waals surface area contributed by atoms with Gasteiger partial charge in [0.15, 0.2) is 17.5 Å². The molecule has 9 heteroatoms. The summed E-state index contributed by atoms with van der Waals surface area (Å²) in [5, 5.41) is 3.30. The molecule has 2 aromatic rings. The second kappa shape index (κ2) is 11.8. The summed E-state index contributed by atoms with van der Waals surface area (Å²) in [6.07, 6.45) is 0. The number of alkyl halides is 2. The lowest BCUT2D eigenvalue weighted by molar-refractivity contribution is -0.0512. The van der Waals surface area contributed by atoms with Gasteiger partial charge >= 0.3 is 6.61 Å². The smallest absolute Gasteiger partial charge is 0.387 e. The molecule has 0 spiro atoms. The van der Waals surface area contributed by atoms with Crippen molar-refractivity contribution in [2.75, 3.05) is 45.2 Å². The second-order valence-electron chi connectivity index (χ2n) is 6.57. The zero-order chi connectivity index (χ0) is 20.6. The van der Waals surface area contributed by atoms with E-state index in [2.05, 4.69) is 37.0 Å². The fraction of sp³-hybridized carbons (Fsp3) is 0.381. The summed E-state index contributed by atoms with van der Waals surface area (Å²) in [6.45, 7) is 1.03. The number of benzene rings is 2. The first-order valence-electron chi connectivity index (χ1n) is 9.48. The average Bonchev–Trinajstić information content (AvgIpc) is 2.75. The molecule has 1 fully saturated rings. The number of para-hydroxylation sites is 1. The van der Waals surface area contributed by atoms with Crippen molar-refractivity contribution in [3.63, 3.8) is 0 Å². The molecule has 0 aliphatic carbocycles. The maximum atomic E-state index is 12.6. The van der Waals surface area contributed by atoms with Gasteiger partial charge in [0.2, 0.25) is 0 Å². The highest BCUT2D eigenvalue weighted by molar-refractivity contribution is 14.0. The topological polar surface area (TPSA) is 49.3 Å². The molecule has 1 N–H and O–H groups in total. The van der Waals surface area contributed by atoms with Crippen molar-refractivity contribution < 1.29 is 18.3 Å². The van der Waals surface area contributed by atoms with E-state index >= 15 is 0 Å². The summed E-state index contributed by atoms with van der Waals surface area (Å²) in [7, 11) is 3.16. The molecule has 0 radical (unpaired) electrons. The Kier molecular flexibility index (Phi) is 9.41. The Morgan fingerprint density at radius 3 is 2.37 bits per heavy atom. The number of piperazine rings is 1. The molecule has 0 amide bonds. The molecule has 164 valence electrons. The van der Waals surface area contributed by atoms with Gasteiger partial charge in [0.25, 0.3) is 0 Å². The number of ether oxygens (including phenoxy) is 2. The zero-order valence-corrected chi connectivity index (χ0v) is 19.4. The summed E-state index contributed by atoms with van der Waals surface area (Å²) < 4.78 is 34.8. The van der Waals surface area contributed by atoms with Gasteiger partial charge < -0.3 is 24.6 Å². The van der Waals surface area contributed by atoms with Crippen LogP contribution in [0.25, 0.3) is 0 Å². The number of nitrogens with one attached hydrogen (secondary N) is 1. The summed E-state index contributed by atoms with van der Waals surface area (Å²) in [5.41, 5.74) is 2.02. The molecule has 0 aromatic heterocycles. The summed E-state index contributed by atoms with van der Waals surface area (Å²) in [6, 6.07) is 15.3. The lowest BCUT2D eigenvalue weighted by Crippen LogP contribution is -2.52. The van der Waals surface area contributed by atoms with E-state index < -0.39 is 6.61 Å². The van der Waals surface area contributed by atoms with Gasteiger partial charge in [0.05, 0.1) is 7.11 Å². The predicted octanol–water partition coefficient (Wildman–Crippen LogP) is 3.81. The fourth-order valence-corrected chi connectivity index (χ4v) is 3.35. The van der Waals surface area contributed by atoms with Gasteiger partial charge in [-0.1, -0.05) is 24.3 Å². The predicted molar refractivity (Wildman–Crippen MR) is 125 cm³/mol. The van der Waals surface area contributed by atoms with Crippen molar-refractivity contribution in [2.45, 2.75) is 13.2 Å². The highest BCUT2D eigenvalue weighted by Crippen LogP contribution is 2.29. The number of rotatable bonds is 6. The van der Waals surface area contributed by atoms with E-state index in [-0.39, 0.29) is 35.5 Å². The maximum absolute atomic E-state index is 12.6. The Morgan fingerprint density at radius 2 is 1.77 bits per heavy atom. The van der Waals surface area contributed by atoms with Crippen LogP contribution in [-0.2, 0) is 6.54 Å². The first kappa shape index (κ1) is 24.0. The average molecular weight is 532 g/mol. The Hall–Kier alpha value is -2.30. The van der Waals surface area contributed by atoms with Gasteiger partial charge in [-0.3, -0.25) is 4.99 Å². The molecule has 1 heterocycles. The highest BCUT2D eigenvalue weighted by Gasteiger charge is 2.20. The normalized spacial score (nSPS) is 14.4. The van der Waals surface area contributed by atoms with E-state index in [4.69, 9.17) is 4.74 Å². The second-order valence-corrected chi connectivity index (χ2v) is 6.57. The molecule has 0 saturated carbocycles. The Bertz CT molecular complexity index is 816. The first-order chi connectivity index (χ1) is 14.1. The van der Waals surface area contributed by atoms with Crippen LogP contribution in [0.15, 0.2) is 53.5 Å². The van der Waals surface area contributed by atoms with Crippen molar-refractivity contribution in [2.24, 2.45) is 4.99 Å². The van der Waals surface area contributed by atoms with Crippen LogP contribution in [-0.4, -0.2) is 57.8 Å². The van der Waals surface area contributed by atoms with Crippen molar-refractivity contribution in [3.8, 4) is 11.5 Å². The SMILES string of the molecule is CN=C(NCc1ccc(OC)c(OC(F)F)c1)N1CCN(c2ccccc2)CC1.I. The number of methoxy groups -OCH3 is 1. The Balaban J connectivity index is 0.00000320. The molecule has 6 nitrogen and oxygen atoms in total. The third-order valence-corrected chi connectivity index (χ3v) is 4.81. The first-order valence-corrected chi connectivity index (χ1v) is 9.48. The lowest BCUT2D eigenvalue weighted by atomic mass is 10.2. The van der Waals surface area contributed by atoms with Gasteiger partial charge in [-0.15, -0.1) is 24.0 Å². The number of nitrogens with zero attached hydrogens (tertiary/aromatic N) is 3. The van der Waals surface area contributed by atoms with E-state index in [0.29, 0.717) is 6.54 Å². The maximum Gasteiger partial charge on any atom is 0.387 e. The van der Waals surface area contributed by atoms with Gasteiger partial charge in [-0.05, 0) is 29.8 Å². The molecule has 3 rings (SSSR count). The largest absolute Gasteiger partial charge is 0.493 e. The van der Waals surface area contributed by atoms with Crippen LogP contribution in [0.2, 0.25) is 0 Å².